The van der Waals surface area contributed by atoms with Crippen molar-refractivity contribution in [2.75, 3.05) is 7.11 Å². The fourth-order valence-corrected chi connectivity index (χ4v) is 0.900. The molecular weight excluding hydrogens is 248 g/mol. The Balaban J connectivity index is -0.000000506. The maximum absolute atomic E-state index is 11.0. The SMILES string of the molecule is C=C/C(=C\C(S)=C/C)C(O)C(=O)OC.CC.CC. The molecule has 1 unspecified atom stereocenters. The van der Waals surface area contributed by atoms with Crippen molar-refractivity contribution in [2.24, 2.45) is 0 Å². The third kappa shape index (κ3) is 10.2. The zero-order valence-corrected chi connectivity index (χ0v) is 13.1. The summed E-state index contributed by atoms with van der Waals surface area (Å²) in [7, 11) is 1.21. The van der Waals surface area contributed by atoms with E-state index < -0.39 is 12.1 Å². The second kappa shape index (κ2) is 16.0. The van der Waals surface area contributed by atoms with Crippen molar-refractivity contribution in [3.63, 3.8) is 0 Å². The van der Waals surface area contributed by atoms with Crippen molar-refractivity contribution in [1.29, 1.82) is 0 Å². The number of allylic oxidation sites excluding steroid dienone is 2. The van der Waals surface area contributed by atoms with Crippen molar-refractivity contribution >= 4 is 18.6 Å². The predicted octanol–water partition coefficient (Wildman–Crippen LogP) is 3.52. The quantitative estimate of drug-likeness (QED) is 0.468. The Kier molecular flexibility index (Phi) is 19.7. The first-order chi connectivity index (χ1) is 8.56. The van der Waals surface area contributed by atoms with Crippen LogP contribution in [0.15, 0.2) is 35.3 Å². The lowest BCUT2D eigenvalue weighted by Gasteiger charge is -2.08. The van der Waals surface area contributed by atoms with Crippen LogP contribution >= 0.6 is 12.6 Å². The van der Waals surface area contributed by atoms with Gasteiger partial charge in [-0.05, 0) is 18.6 Å². The van der Waals surface area contributed by atoms with Crippen LogP contribution < -0.4 is 0 Å². The molecule has 0 amide bonds. The van der Waals surface area contributed by atoms with Crippen LogP contribution in [0.1, 0.15) is 34.6 Å². The first-order valence-corrected chi connectivity index (χ1v) is 6.46. The molecule has 0 aliphatic heterocycles. The molecule has 0 rings (SSSR count). The first kappa shape index (κ1) is 22.2. The highest BCUT2D eigenvalue weighted by molar-refractivity contribution is 7.84. The van der Waals surface area contributed by atoms with Crippen LogP contribution in [-0.2, 0) is 9.53 Å². The Bertz CT molecular complexity index is 281. The summed E-state index contributed by atoms with van der Waals surface area (Å²) >= 11 is 4.09. The molecule has 0 saturated heterocycles. The highest BCUT2D eigenvalue weighted by atomic mass is 32.1. The van der Waals surface area contributed by atoms with Gasteiger partial charge in [0.2, 0.25) is 0 Å². The Labute approximate surface area is 117 Å². The summed E-state index contributed by atoms with van der Waals surface area (Å²) in [6.45, 7) is 13.3. The molecule has 1 N–H and O–H groups in total. The highest BCUT2D eigenvalue weighted by Crippen LogP contribution is 2.12. The van der Waals surface area contributed by atoms with Crippen molar-refractivity contribution in [1.82, 2.24) is 0 Å². The smallest absolute Gasteiger partial charge is 0.339 e. The number of aliphatic hydroxyl groups is 1. The van der Waals surface area contributed by atoms with Crippen LogP contribution in [0.25, 0.3) is 0 Å². The van der Waals surface area contributed by atoms with E-state index >= 15 is 0 Å². The van der Waals surface area contributed by atoms with Gasteiger partial charge >= 0.3 is 5.97 Å². The Morgan fingerprint density at radius 3 is 2.06 bits per heavy atom. The van der Waals surface area contributed by atoms with E-state index in [4.69, 9.17) is 0 Å². The van der Waals surface area contributed by atoms with Gasteiger partial charge in [0.15, 0.2) is 6.10 Å². The lowest BCUT2D eigenvalue weighted by Crippen LogP contribution is -2.23. The summed E-state index contributed by atoms with van der Waals surface area (Å²) < 4.78 is 4.39. The zero-order chi connectivity index (χ0) is 15.1. The number of carbonyl (C=O) groups is 1. The number of thiol groups is 1. The van der Waals surface area contributed by atoms with Crippen LogP contribution in [-0.4, -0.2) is 24.3 Å². The van der Waals surface area contributed by atoms with Gasteiger partial charge in [0.05, 0.1) is 7.11 Å². The molecule has 4 heteroatoms. The summed E-state index contributed by atoms with van der Waals surface area (Å²) in [6.07, 6.45) is 3.37. The Morgan fingerprint density at radius 2 is 1.78 bits per heavy atom. The van der Waals surface area contributed by atoms with Crippen molar-refractivity contribution in [3.8, 4) is 0 Å². The second-order valence-electron chi connectivity index (χ2n) is 2.49. The number of ether oxygens (including phenoxy) is 1. The van der Waals surface area contributed by atoms with E-state index in [-0.39, 0.29) is 0 Å². The molecule has 0 aliphatic rings. The standard InChI is InChI=1S/C10H14O3S.2C2H6/c1-4-7(6-8(14)5-2)9(11)10(12)13-3;2*1-2/h4-6,9,11,14H,1H2,2-3H3;2*1-2H3/b7-6+,8-5+;;. The normalized spacial score (nSPS) is 12.2. The molecule has 106 valence electrons. The van der Waals surface area contributed by atoms with Gasteiger partial charge in [-0.15, -0.1) is 12.6 Å². The van der Waals surface area contributed by atoms with Crippen LogP contribution in [0.4, 0.5) is 0 Å². The van der Waals surface area contributed by atoms with Crippen molar-refractivity contribution < 1.29 is 14.6 Å². The molecule has 0 aromatic carbocycles. The highest BCUT2D eigenvalue weighted by Gasteiger charge is 2.18. The molecule has 0 fully saturated rings. The number of aliphatic hydroxyl groups excluding tert-OH is 1. The lowest BCUT2D eigenvalue weighted by atomic mass is 10.1. The maximum Gasteiger partial charge on any atom is 0.339 e. The number of esters is 1. The summed E-state index contributed by atoms with van der Waals surface area (Å²) in [5.74, 6) is -0.714. The van der Waals surface area contributed by atoms with E-state index in [0.717, 1.165) is 0 Å². The van der Waals surface area contributed by atoms with Crippen LogP contribution in [0.2, 0.25) is 0 Å². The largest absolute Gasteiger partial charge is 0.467 e. The average molecular weight is 274 g/mol. The molecule has 0 heterocycles. The van der Waals surface area contributed by atoms with Crippen molar-refractivity contribution in [2.45, 2.75) is 40.7 Å². The molecule has 0 spiro atoms. The van der Waals surface area contributed by atoms with Gasteiger partial charge in [0.1, 0.15) is 0 Å². The second-order valence-corrected chi connectivity index (χ2v) is 3.00. The molecule has 0 aliphatic carbocycles. The zero-order valence-electron chi connectivity index (χ0n) is 12.2. The number of hydrogen-bond acceptors (Lipinski definition) is 4. The van der Waals surface area contributed by atoms with Crippen LogP contribution in [0.5, 0.6) is 0 Å². The van der Waals surface area contributed by atoms with E-state index in [1.165, 1.54) is 13.2 Å². The van der Waals surface area contributed by atoms with Gasteiger partial charge in [0.25, 0.3) is 0 Å². The summed E-state index contributed by atoms with van der Waals surface area (Å²) in [4.78, 5) is 11.6. The van der Waals surface area contributed by atoms with E-state index in [2.05, 4.69) is 23.9 Å². The van der Waals surface area contributed by atoms with Gasteiger partial charge in [-0.2, -0.15) is 0 Å². The van der Waals surface area contributed by atoms with E-state index in [1.54, 1.807) is 19.1 Å². The fraction of sp³-hybridized carbons (Fsp3) is 0.500. The van der Waals surface area contributed by atoms with Gasteiger partial charge < -0.3 is 9.84 Å². The van der Waals surface area contributed by atoms with Gasteiger partial charge in [0, 0.05) is 4.91 Å². The molecule has 0 radical (unpaired) electrons. The molecule has 0 aromatic heterocycles. The molecule has 0 bridgehead atoms. The third-order valence-electron chi connectivity index (χ3n) is 1.59. The van der Waals surface area contributed by atoms with Gasteiger partial charge in [-0.25, -0.2) is 4.79 Å². The summed E-state index contributed by atoms with van der Waals surface area (Å²) in [6, 6.07) is 0. The minimum Gasteiger partial charge on any atom is -0.467 e. The number of hydrogen-bond donors (Lipinski definition) is 2. The Morgan fingerprint density at radius 1 is 1.33 bits per heavy atom. The monoisotopic (exact) mass is 274 g/mol. The minimum absolute atomic E-state index is 0.361. The minimum atomic E-state index is -1.31. The molecule has 3 nitrogen and oxygen atoms in total. The molecule has 0 saturated carbocycles. The fourth-order valence-electron chi connectivity index (χ4n) is 0.751. The van der Waals surface area contributed by atoms with E-state index in [0.29, 0.717) is 10.5 Å². The Hall–Kier alpha value is -1.00. The summed E-state index contributed by atoms with van der Waals surface area (Å²) in [5, 5.41) is 9.45. The molecule has 18 heavy (non-hydrogen) atoms. The predicted molar refractivity (Wildman–Crippen MR) is 81.7 cm³/mol. The van der Waals surface area contributed by atoms with Gasteiger partial charge in [-0.1, -0.05) is 46.4 Å². The molecule has 1 atom stereocenters. The van der Waals surface area contributed by atoms with Crippen LogP contribution in [0.3, 0.4) is 0 Å². The van der Waals surface area contributed by atoms with Gasteiger partial charge in [-0.3, -0.25) is 0 Å². The van der Waals surface area contributed by atoms with Crippen LogP contribution in [0, 0.1) is 0 Å². The number of carbonyl (C=O) groups excluding carboxylic acids is 1. The molecular formula is C14H26O3S. The third-order valence-corrected chi connectivity index (χ3v) is 1.97. The maximum atomic E-state index is 11.0. The number of methoxy groups -OCH3 is 1. The summed E-state index contributed by atoms with van der Waals surface area (Å²) in [5.41, 5.74) is 0.361. The average Bonchev–Trinajstić information content (AvgIpc) is 2.46. The lowest BCUT2D eigenvalue weighted by molar-refractivity contribution is -0.148. The van der Waals surface area contributed by atoms with E-state index in [1.807, 2.05) is 27.7 Å². The first-order valence-electron chi connectivity index (χ1n) is 6.02. The topological polar surface area (TPSA) is 46.5 Å². The van der Waals surface area contributed by atoms with E-state index in [9.17, 15) is 9.90 Å². The van der Waals surface area contributed by atoms with Crippen molar-refractivity contribution in [3.05, 3.63) is 35.3 Å². The molecule has 0 aromatic rings. The number of rotatable bonds is 4.